The van der Waals surface area contributed by atoms with Gasteiger partial charge in [-0.2, -0.15) is 0 Å². The van der Waals surface area contributed by atoms with Crippen molar-refractivity contribution in [2.75, 3.05) is 6.61 Å². The largest absolute Gasteiger partial charge is 0.462 e. The molecule has 0 aliphatic heterocycles. The van der Waals surface area contributed by atoms with E-state index in [4.69, 9.17) is 9.16 Å². The molecule has 0 aromatic rings. The molecule has 0 saturated heterocycles. The molecule has 4 atom stereocenters. The Labute approximate surface area is 124 Å². The number of esters is 1. The van der Waals surface area contributed by atoms with Crippen molar-refractivity contribution in [1.82, 2.24) is 0 Å². The van der Waals surface area contributed by atoms with Gasteiger partial charge >= 0.3 is 5.97 Å². The molecular weight excluding hydrogens is 268 g/mol. The molecule has 0 N–H and O–H groups in total. The minimum atomic E-state index is -1.64. The second-order valence-corrected chi connectivity index (χ2v) is 12.8. The Bertz CT molecular complexity index is 372. The van der Waals surface area contributed by atoms with Crippen molar-refractivity contribution in [3.05, 3.63) is 6.42 Å². The van der Waals surface area contributed by atoms with Gasteiger partial charge in [0.1, 0.15) is 6.10 Å². The Balaban J connectivity index is 1.83. The molecule has 0 spiro atoms. The lowest BCUT2D eigenvalue weighted by molar-refractivity contribution is -0.146. The molecule has 115 valence electrons. The van der Waals surface area contributed by atoms with Crippen LogP contribution in [0.15, 0.2) is 0 Å². The summed E-state index contributed by atoms with van der Waals surface area (Å²) in [4.78, 5) is 11.1. The van der Waals surface area contributed by atoms with Crippen molar-refractivity contribution in [3.8, 4) is 0 Å². The zero-order valence-electron chi connectivity index (χ0n) is 13.7. The first kappa shape index (κ1) is 16.0. The van der Waals surface area contributed by atoms with Gasteiger partial charge in [0.15, 0.2) is 8.32 Å². The first-order valence-corrected chi connectivity index (χ1v) is 10.7. The molecule has 0 unspecified atom stereocenters. The Morgan fingerprint density at radius 3 is 2.40 bits per heavy atom. The molecule has 2 rings (SSSR count). The van der Waals surface area contributed by atoms with E-state index in [9.17, 15) is 4.79 Å². The Kier molecular flexibility index (Phi) is 4.37. The van der Waals surface area contributed by atoms with E-state index < -0.39 is 8.32 Å². The van der Waals surface area contributed by atoms with E-state index in [2.05, 4.69) is 40.3 Å². The third-order valence-corrected chi connectivity index (χ3v) is 9.95. The van der Waals surface area contributed by atoms with E-state index in [1.165, 1.54) is 13.3 Å². The monoisotopic (exact) mass is 297 g/mol. The second kappa shape index (κ2) is 5.45. The first-order valence-electron chi connectivity index (χ1n) is 7.76. The van der Waals surface area contributed by atoms with E-state index >= 15 is 0 Å². The molecular formula is C16H29O3Si. The fraction of sp³-hybridized carbons (Fsp3) is 0.875. The van der Waals surface area contributed by atoms with Gasteiger partial charge in [0.2, 0.25) is 0 Å². The Hall–Kier alpha value is -0.353. The standard InChI is InChI=1S/C16H29O3Si/c1-11(17)19-15-9-12-7-13(15)8-14(12)10-18-20(5,6)16(2,3)4/h9,12-15H,7-8,10H2,1-6H3/t12-,13-,14-,15+/m0/s1. The van der Waals surface area contributed by atoms with Crippen LogP contribution in [0.2, 0.25) is 18.1 Å². The Morgan fingerprint density at radius 2 is 1.95 bits per heavy atom. The lowest BCUT2D eigenvalue weighted by Gasteiger charge is -2.38. The zero-order valence-corrected chi connectivity index (χ0v) is 14.7. The molecule has 1 radical (unpaired) electrons. The number of carbonyl (C=O) groups excluding carboxylic acids is 1. The molecule has 0 aromatic heterocycles. The van der Waals surface area contributed by atoms with Crippen LogP contribution in [0.3, 0.4) is 0 Å². The highest BCUT2D eigenvalue weighted by Crippen LogP contribution is 2.49. The predicted octanol–water partition coefficient (Wildman–Crippen LogP) is 3.80. The summed E-state index contributed by atoms with van der Waals surface area (Å²) in [5.74, 6) is 1.57. The molecule has 2 aliphatic carbocycles. The minimum absolute atomic E-state index is 0.0571. The van der Waals surface area contributed by atoms with Crippen LogP contribution in [0, 0.1) is 24.2 Å². The van der Waals surface area contributed by atoms with Crippen LogP contribution in [-0.2, 0) is 14.0 Å². The summed E-state index contributed by atoms with van der Waals surface area (Å²) in [5, 5.41) is 0.272. The first-order chi connectivity index (χ1) is 9.10. The maximum atomic E-state index is 11.1. The topological polar surface area (TPSA) is 35.5 Å². The van der Waals surface area contributed by atoms with Gasteiger partial charge in [-0.3, -0.25) is 4.79 Å². The molecule has 2 fully saturated rings. The number of ether oxygens (including phenoxy) is 1. The Morgan fingerprint density at radius 1 is 1.30 bits per heavy atom. The zero-order chi connectivity index (χ0) is 15.1. The molecule has 3 nitrogen and oxygen atoms in total. The maximum absolute atomic E-state index is 11.1. The smallest absolute Gasteiger partial charge is 0.302 e. The molecule has 2 aliphatic rings. The summed E-state index contributed by atoms with van der Waals surface area (Å²) >= 11 is 0. The average Bonchev–Trinajstić information content (AvgIpc) is 2.83. The van der Waals surface area contributed by atoms with E-state index in [1.54, 1.807) is 0 Å². The van der Waals surface area contributed by atoms with Gasteiger partial charge in [0.25, 0.3) is 0 Å². The van der Waals surface area contributed by atoms with Crippen molar-refractivity contribution < 1.29 is 14.0 Å². The molecule has 2 saturated carbocycles. The molecule has 0 amide bonds. The predicted molar refractivity (Wildman–Crippen MR) is 82.7 cm³/mol. The van der Waals surface area contributed by atoms with E-state index in [0.717, 1.165) is 13.0 Å². The number of fused-ring (bicyclic) bond motifs is 2. The molecule has 0 aromatic carbocycles. The van der Waals surface area contributed by atoms with E-state index in [0.29, 0.717) is 17.8 Å². The number of carbonyl (C=O) groups is 1. The van der Waals surface area contributed by atoms with Crippen LogP contribution in [0.4, 0.5) is 0 Å². The highest BCUT2D eigenvalue weighted by atomic mass is 28.4. The van der Waals surface area contributed by atoms with Gasteiger partial charge in [0.05, 0.1) is 0 Å². The SMILES string of the molecule is CC(=O)O[C@@H]1[CH][C@@H]2C[C@H]1C[C@H]2CO[Si](C)(C)C(C)(C)C. The highest BCUT2D eigenvalue weighted by Gasteiger charge is 2.48. The second-order valence-electron chi connectivity index (χ2n) is 7.99. The summed E-state index contributed by atoms with van der Waals surface area (Å²) in [5.41, 5.74) is 0. The lowest BCUT2D eigenvalue weighted by Crippen LogP contribution is -2.42. The summed E-state index contributed by atoms with van der Waals surface area (Å²) in [6.45, 7) is 13.8. The van der Waals surface area contributed by atoms with Gasteiger partial charge in [-0.25, -0.2) is 0 Å². The third kappa shape index (κ3) is 3.27. The van der Waals surface area contributed by atoms with Gasteiger partial charge in [-0.1, -0.05) is 20.8 Å². The summed E-state index contributed by atoms with van der Waals surface area (Å²) in [6, 6.07) is 0. The van der Waals surface area contributed by atoms with E-state index in [-0.39, 0.29) is 17.1 Å². The van der Waals surface area contributed by atoms with Gasteiger partial charge in [0, 0.05) is 20.0 Å². The number of hydrogen-bond acceptors (Lipinski definition) is 3. The van der Waals surface area contributed by atoms with Gasteiger partial charge in [-0.15, -0.1) is 0 Å². The van der Waals surface area contributed by atoms with Crippen LogP contribution in [0.25, 0.3) is 0 Å². The number of rotatable bonds is 4. The van der Waals surface area contributed by atoms with Crippen LogP contribution in [0.5, 0.6) is 0 Å². The van der Waals surface area contributed by atoms with Gasteiger partial charge in [-0.05, 0) is 48.7 Å². The highest BCUT2D eigenvalue weighted by molar-refractivity contribution is 6.74. The number of hydrogen-bond donors (Lipinski definition) is 0. The quantitative estimate of drug-likeness (QED) is 0.585. The van der Waals surface area contributed by atoms with Crippen molar-refractivity contribution in [3.63, 3.8) is 0 Å². The van der Waals surface area contributed by atoms with Crippen LogP contribution in [-0.4, -0.2) is 27.0 Å². The molecule has 20 heavy (non-hydrogen) atoms. The normalized spacial score (nSPS) is 33.5. The summed E-state index contributed by atoms with van der Waals surface area (Å²) in [6.07, 6.45) is 4.62. The van der Waals surface area contributed by atoms with Crippen molar-refractivity contribution in [2.24, 2.45) is 17.8 Å². The average molecular weight is 297 g/mol. The van der Waals surface area contributed by atoms with Crippen molar-refractivity contribution in [1.29, 1.82) is 0 Å². The third-order valence-electron chi connectivity index (χ3n) is 5.45. The molecule has 0 heterocycles. The minimum Gasteiger partial charge on any atom is -0.462 e. The molecule has 2 bridgehead atoms. The van der Waals surface area contributed by atoms with Crippen LogP contribution >= 0.6 is 0 Å². The lowest BCUT2D eigenvalue weighted by atomic mass is 9.88. The van der Waals surface area contributed by atoms with Crippen LogP contribution in [0.1, 0.15) is 40.5 Å². The van der Waals surface area contributed by atoms with Crippen molar-refractivity contribution in [2.45, 2.75) is 64.8 Å². The fourth-order valence-corrected chi connectivity index (χ4v) is 4.22. The van der Waals surface area contributed by atoms with E-state index in [1.807, 2.05) is 0 Å². The van der Waals surface area contributed by atoms with Crippen LogP contribution < -0.4 is 0 Å². The molecule has 4 heteroatoms. The van der Waals surface area contributed by atoms with Gasteiger partial charge < -0.3 is 9.16 Å². The summed E-state index contributed by atoms with van der Waals surface area (Å²) < 4.78 is 11.7. The maximum Gasteiger partial charge on any atom is 0.302 e. The fourth-order valence-electron chi connectivity index (χ4n) is 3.16. The van der Waals surface area contributed by atoms with Crippen molar-refractivity contribution >= 4 is 14.3 Å². The summed E-state index contributed by atoms with van der Waals surface area (Å²) in [7, 11) is -1.64.